The van der Waals surface area contributed by atoms with Gasteiger partial charge in [-0.3, -0.25) is 4.79 Å². The Morgan fingerprint density at radius 1 is 1.28 bits per heavy atom. The Labute approximate surface area is 194 Å². The van der Waals surface area contributed by atoms with Gasteiger partial charge >= 0.3 is 5.97 Å². The molecule has 1 unspecified atom stereocenters. The van der Waals surface area contributed by atoms with Crippen molar-refractivity contribution < 1.29 is 23.8 Å². The minimum absolute atomic E-state index is 0.0263. The molecule has 1 aromatic heterocycles. The first-order valence-electron chi connectivity index (χ1n) is 10.4. The lowest BCUT2D eigenvalue weighted by Gasteiger charge is -2.21. The van der Waals surface area contributed by atoms with Crippen LogP contribution in [-0.4, -0.2) is 28.0 Å². The Kier molecular flexibility index (Phi) is 6.50. The van der Waals surface area contributed by atoms with Crippen LogP contribution in [0.2, 0.25) is 0 Å². The average molecular weight is 503 g/mol. The number of carboxylic acids is 1. The summed E-state index contributed by atoms with van der Waals surface area (Å²) in [4.78, 5) is 11.6. The van der Waals surface area contributed by atoms with Crippen molar-refractivity contribution in [1.29, 1.82) is 0 Å². The molecule has 1 heterocycles. The highest BCUT2D eigenvalue weighted by molar-refractivity contribution is 9.10. The summed E-state index contributed by atoms with van der Waals surface area (Å²) in [5, 5.41) is 13.8. The zero-order valence-corrected chi connectivity index (χ0v) is 19.4. The number of hydrogen-bond acceptors (Lipinski definition) is 4. The Hall–Kier alpha value is -2.87. The summed E-state index contributed by atoms with van der Waals surface area (Å²) in [6.07, 6.45) is 3.73. The van der Waals surface area contributed by atoms with Crippen LogP contribution in [0, 0.1) is 17.7 Å². The topological polar surface area (TPSA) is 73.6 Å². The zero-order chi connectivity index (χ0) is 22.8. The normalized spacial score (nSPS) is 15.2. The molecule has 1 aliphatic carbocycles. The number of aliphatic carboxylic acids is 1. The summed E-state index contributed by atoms with van der Waals surface area (Å²) < 4.78 is 27.5. The van der Waals surface area contributed by atoms with Gasteiger partial charge in [-0.1, -0.05) is 19.1 Å². The molecule has 0 aliphatic heterocycles. The molecule has 168 valence electrons. The molecule has 0 amide bonds. The van der Waals surface area contributed by atoms with Crippen LogP contribution in [0.15, 0.2) is 53.3 Å². The predicted molar refractivity (Wildman–Crippen MR) is 121 cm³/mol. The van der Waals surface area contributed by atoms with Crippen molar-refractivity contribution in [3.8, 4) is 17.2 Å². The highest BCUT2D eigenvalue weighted by Gasteiger charge is 2.38. The van der Waals surface area contributed by atoms with Gasteiger partial charge in [0.2, 0.25) is 0 Å². The molecule has 8 heteroatoms. The number of aromatic nitrogens is 2. The monoisotopic (exact) mass is 502 g/mol. The number of carboxylic acid groups (broad SMARTS) is 1. The van der Waals surface area contributed by atoms with Gasteiger partial charge < -0.3 is 14.6 Å². The summed E-state index contributed by atoms with van der Waals surface area (Å²) in [6, 6.07) is 12.1. The standard InChI is InChI=1S/C24H24BrFN2O4/c1-14(24(29)30)22(15-6-7-15)16-4-3-5-19(10-16)32-13-17-12-27-28(23(17)25)21-11-18(31-2)8-9-20(21)26/h3-5,8-12,14-15,22H,6-7,13H2,1-2H3,(H,29,30)/t14-,22?/m0/s1. The lowest BCUT2D eigenvalue weighted by Crippen LogP contribution is -2.20. The molecule has 6 nitrogen and oxygen atoms in total. The molecule has 2 aromatic carbocycles. The summed E-state index contributed by atoms with van der Waals surface area (Å²) in [6.45, 7) is 1.99. The van der Waals surface area contributed by atoms with Crippen LogP contribution in [0.4, 0.5) is 4.39 Å². The molecule has 0 radical (unpaired) electrons. The van der Waals surface area contributed by atoms with E-state index in [9.17, 15) is 14.3 Å². The van der Waals surface area contributed by atoms with E-state index in [1.54, 1.807) is 25.3 Å². The van der Waals surface area contributed by atoms with Crippen molar-refractivity contribution in [3.63, 3.8) is 0 Å². The number of benzene rings is 2. The maximum Gasteiger partial charge on any atom is 0.306 e. The van der Waals surface area contributed by atoms with Crippen molar-refractivity contribution in [2.45, 2.75) is 32.3 Å². The van der Waals surface area contributed by atoms with Crippen molar-refractivity contribution in [2.24, 2.45) is 11.8 Å². The lowest BCUT2D eigenvalue weighted by molar-refractivity contribution is -0.142. The fourth-order valence-electron chi connectivity index (χ4n) is 3.96. The molecule has 1 aliphatic rings. The highest BCUT2D eigenvalue weighted by atomic mass is 79.9. The second kappa shape index (κ2) is 9.32. The summed E-state index contributed by atoms with van der Waals surface area (Å²) in [5.74, 6) is -0.106. The van der Waals surface area contributed by atoms with Gasteiger partial charge in [0.25, 0.3) is 0 Å². The SMILES string of the molecule is COc1ccc(F)c(-n2ncc(COc3cccc(C(C4CC4)[C@H](C)C(=O)O)c3)c2Br)c1. The Morgan fingerprint density at radius 3 is 2.75 bits per heavy atom. The Balaban J connectivity index is 1.52. The first-order chi connectivity index (χ1) is 15.4. The third-order valence-electron chi connectivity index (χ3n) is 5.86. The number of ether oxygens (including phenoxy) is 2. The first kappa shape index (κ1) is 22.3. The Morgan fingerprint density at radius 2 is 2.06 bits per heavy atom. The van der Waals surface area contributed by atoms with E-state index < -0.39 is 17.7 Å². The highest BCUT2D eigenvalue weighted by Crippen LogP contribution is 2.47. The average Bonchev–Trinajstić information content (AvgIpc) is 3.55. The van der Waals surface area contributed by atoms with Gasteiger partial charge in [0.05, 0.1) is 19.2 Å². The van der Waals surface area contributed by atoms with E-state index in [4.69, 9.17) is 9.47 Å². The number of carbonyl (C=O) groups is 1. The molecule has 1 fully saturated rings. The van der Waals surface area contributed by atoms with E-state index in [-0.39, 0.29) is 18.2 Å². The molecular weight excluding hydrogens is 479 g/mol. The number of halogens is 2. The van der Waals surface area contributed by atoms with Gasteiger partial charge in [0, 0.05) is 11.6 Å². The van der Waals surface area contributed by atoms with Gasteiger partial charge in [0.15, 0.2) is 0 Å². The van der Waals surface area contributed by atoms with E-state index in [1.807, 2.05) is 24.3 Å². The third kappa shape index (κ3) is 4.65. The Bertz CT molecular complexity index is 1130. The minimum Gasteiger partial charge on any atom is -0.497 e. The second-order valence-corrected chi connectivity index (χ2v) is 8.79. The molecule has 4 rings (SSSR count). The molecule has 0 spiro atoms. The van der Waals surface area contributed by atoms with E-state index in [0.29, 0.717) is 22.0 Å². The van der Waals surface area contributed by atoms with Crippen molar-refractivity contribution in [1.82, 2.24) is 9.78 Å². The fourth-order valence-corrected chi connectivity index (χ4v) is 4.46. The number of rotatable bonds is 9. The molecule has 0 bridgehead atoms. The third-order valence-corrected chi connectivity index (χ3v) is 6.70. The predicted octanol–water partition coefficient (Wildman–Crippen LogP) is 5.58. The molecule has 1 saturated carbocycles. The smallest absolute Gasteiger partial charge is 0.306 e. The van der Waals surface area contributed by atoms with Crippen LogP contribution in [0.25, 0.3) is 5.69 Å². The lowest BCUT2D eigenvalue weighted by atomic mass is 9.83. The maximum atomic E-state index is 14.3. The van der Waals surface area contributed by atoms with Gasteiger partial charge in [-0.15, -0.1) is 0 Å². The second-order valence-electron chi connectivity index (χ2n) is 8.04. The van der Waals surface area contributed by atoms with E-state index in [1.165, 1.54) is 17.9 Å². The largest absolute Gasteiger partial charge is 0.497 e. The van der Waals surface area contributed by atoms with E-state index in [0.717, 1.165) is 24.0 Å². The number of nitrogens with zero attached hydrogens (tertiary/aromatic N) is 2. The minimum atomic E-state index is -0.783. The molecule has 1 N–H and O–H groups in total. The molecule has 32 heavy (non-hydrogen) atoms. The number of methoxy groups -OCH3 is 1. The summed E-state index contributed by atoms with van der Waals surface area (Å²) in [7, 11) is 1.52. The molecule has 2 atom stereocenters. The van der Waals surface area contributed by atoms with Crippen molar-refractivity contribution in [2.75, 3.05) is 7.11 Å². The molecule has 3 aromatic rings. The molecule has 0 saturated heterocycles. The van der Waals surface area contributed by atoms with Crippen LogP contribution in [-0.2, 0) is 11.4 Å². The van der Waals surface area contributed by atoms with E-state index in [2.05, 4.69) is 21.0 Å². The summed E-state index contributed by atoms with van der Waals surface area (Å²) in [5.41, 5.74) is 1.99. The van der Waals surface area contributed by atoms with Gasteiger partial charge in [-0.25, -0.2) is 9.07 Å². The van der Waals surface area contributed by atoms with Gasteiger partial charge in [-0.05, 0) is 70.4 Å². The van der Waals surface area contributed by atoms with Gasteiger partial charge in [-0.2, -0.15) is 5.10 Å². The van der Waals surface area contributed by atoms with Gasteiger partial charge in [0.1, 0.15) is 34.2 Å². The fraction of sp³-hybridized carbons (Fsp3) is 0.333. The van der Waals surface area contributed by atoms with Crippen molar-refractivity contribution in [3.05, 3.63) is 70.2 Å². The van der Waals surface area contributed by atoms with Crippen molar-refractivity contribution >= 4 is 21.9 Å². The maximum absolute atomic E-state index is 14.3. The van der Waals surface area contributed by atoms with Crippen LogP contribution >= 0.6 is 15.9 Å². The van der Waals surface area contributed by atoms with Crippen LogP contribution in [0.5, 0.6) is 11.5 Å². The zero-order valence-electron chi connectivity index (χ0n) is 17.8. The van der Waals surface area contributed by atoms with Crippen LogP contribution < -0.4 is 9.47 Å². The molecular formula is C24H24BrFN2O4. The first-order valence-corrected chi connectivity index (χ1v) is 11.2. The summed E-state index contributed by atoms with van der Waals surface area (Å²) >= 11 is 3.49. The van der Waals surface area contributed by atoms with Crippen LogP contribution in [0.3, 0.4) is 0 Å². The van der Waals surface area contributed by atoms with E-state index >= 15 is 0 Å². The number of hydrogen-bond donors (Lipinski definition) is 1. The quantitative estimate of drug-likeness (QED) is 0.413. The van der Waals surface area contributed by atoms with Crippen LogP contribution in [0.1, 0.15) is 36.8 Å².